The predicted octanol–water partition coefficient (Wildman–Crippen LogP) is 1.82. The van der Waals surface area contributed by atoms with Gasteiger partial charge in [-0.1, -0.05) is 18.2 Å². The van der Waals surface area contributed by atoms with Crippen LogP contribution in [0.25, 0.3) is 0 Å². The zero-order chi connectivity index (χ0) is 17.7. The van der Waals surface area contributed by atoms with Crippen molar-refractivity contribution < 1.29 is 18.3 Å². The quantitative estimate of drug-likeness (QED) is 0.478. The second-order valence-corrected chi connectivity index (χ2v) is 6.08. The SMILES string of the molecule is O=[N+]([O-])c1cccc(S(=O)(=O)N/N=C/c2ccccc2[N+](=O)[O-])c1. The largest absolute Gasteiger partial charge is 0.278 e. The molecule has 0 bridgehead atoms. The normalized spacial score (nSPS) is 11.3. The maximum Gasteiger partial charge on any atom is 0.278 e. The minimum Gasteiger partial charge on any atom is -0.258 e. The van der Waals surface area contributed by atoms with Crippen molar-refractivity contribution in [2.75, 3.05) is 0 Å². The highest BCUT2D eigenvalue weighted by Gasteiger charge is 2.17. The lowest BCUT2D eigenvalue weighted by Gasteiger charge is -2.03. The third-order valence-electron chi connectivity index (χ3n) is 2.85. The van der Waals surface area contributed by atoms with Crippen LogP contribution in [0.1, 0.15) is 5.56 Å². The van der Waals surface area contributed by atoms with E-state index in [4.69, 9.17) is 0 Å². The van der Waals surface area contributed by atoms with Gasteiger partial charge in [0.05, 0.1) is 26.5 Å². The number of nitro groups is 2. The molecule has 0 radical (unpaired) electrons. The van der Waals surface area contributed by atoms with E-state index >= 15 is 0 Å². The molecule has 2 aromatic rings. The molecule has 2 rings (SSSR count). The summed E-state index contributed by atoms with van der Waals surface area (Å²) in [5.41, 5.74) is -0.527. The van der Waals surface area contributed by atoms with E-state index in [-0.39, 0.29) is 21.8 Å². The van der Waals surface area contributed by atoms with Crippen molar-refractivity contribution in [2.24, 2.45) is 5.10 Å². The summed E-state index contributed by atoms with van der Waals surface area (Å²) in [6, 6.07) is 10.0. The third-order valence-corrected chi connectivity index (χ3v) is 4.07. The minimum absolute atomic E-state index is 0.101. The van der Waals surface area contributed by atoms with Gasteiger partial charge in [0, 0.05) is 18.2 Å². The molecule has 0 aliphatic heterocycles. The number of nitrogens with zero attached hydrogens (tertiary/aromatic N) is 3. The van der Waals surface area contributed by atoms with E-state index in [2.05, 4.69) is 5.10 Å². The first-order valence-electron chi connectivity index (χ1n) is 6.34. The van der Waals surface area contributed by atoms with Crippen molar-refractivity contribution >= 4 is 27.6 Å². The van der Waals surface area contributed by atoms with Crippen molar-refractivity contribution in [2.45, 2.75) is 4.90 Å². The number of hydrogen-bond acceptors (Lipinski definition) is 7. The predicted molar refractivity (Wildman–Crippen MR) is 84.1 cm³/mol. The van der Waals surface area contributed by atoms with E-state index in [1.807, 2.05) is 4.83 Å². The van der Waals surface area contributed by atoms with Crippen LogP contribution in [0.4, 0.5) is 11.4 Å². The monoisotopic (exact) mass is 350 g/mol. The van der Waals surface area contributed by atoms with Crippen molar-refractivity contribution in [1.29, 1.82) is 0 Å². The van der Waals surface area contributed by atoms with Crippen LogP contribution in [0.5, 0.6) is 0 Å². The number of rotatable bonds is 6. The number of hydrogen-bond donors (Lipinski definition) is 1. The van der Waals surface area contributed by atoms with Gasteiger partial charge in [-0.2, -0.15) is 13.5 Å². The van der Waals surface area contributed by atoms with Crippen molar-refractivity contribution in [1.82, 2.24) is 4.83 Å². The zero-order valence-electron chi connectivity index (χ0n) is 11.9. The lowest BCUT2D eigenvalue weighted by Crippen LogP contribution is -2.18. The Morgan fingerprint density at radius 1 is 1.00 bits per heavy atom. The van der Waals surface area contributed by atoms with Crippen LogP contribution < -0.4 is 4.83 Å². The molecule has 0 amide bonds. The number of nitro benzene ring substituents is 2. The summed E-state index contributed by atoms with van der Waals surface area (Å²) < 4.78 is 24.1. The Hall–Kier alpha value is -3.34. The molecule has 124 valence electrons. The van der Waals surface area contributed by atoms with Gasteiger partial charge in [-0.25, -0.2) is 4.83 Å². The number of hydrazone groups is 1. The highest BCUT2D eigenvalue weighted by Crippen LogP contribution is 2.18. The standard InChI is InChI=1S/C13H10N4O6S/c18-16(19)11-5-3-6-12(8-11)24(22,23)15-14-9-10-4-1-2-7-13(10)17(20)21/h1-9,15H/b14-9+. The van der Waals surface area contributed by atoms with Gasteiger partial charge < -0.3 is 0 Å². The van der Waals surface area contributed by atoms with E-state index in [0.29, 0.717) is 0 Å². The summed E-state index contributed by atoms with van der Waals surface area (Å²) in [4.78, 5) is 21.7. The molecule has 1 N–H and O–H groups in total. The Balaban J connectivity index is 2.23. The molecule has 0 atom stereocenters. The fourth-order valence-corrected chi connectivity index (χ4v) is 2.58. The molecular formula is C13H10N4O6S. The van der Waals surface area contributed by atoms with E-state index in [0.717, 1.165) is 24.4 Å². The zero-order valence-corrected chi connectivity index (χ0v) is 12.7. The number of sulfonamides is 1. The van der Waals surface area contributed by atoms with Gasteiger partial charge in [0.1, 0.15) is 0 Å². The average molecular weight is 350 g/mol. The van der Waals surface area contributed by atoms with Crippen LogP contribution in [0.3, 0.4) is 0 Å². The topological polar surface area (TPSA) is 145 Å². The Labute approximate surface area is 135 Å². The summed E-state index contributed by atoms with van der Waals surface area (Å²) in [6.45, 7) is 0. The molecule has 0 saturated heterocycles. The molecule has 0 unspecified atom stereocenters. The molecule has 0 heterocycles. The van der Waals surface area contributed by atoms with Gasteiger partial charge >= 0.3 is 0 Å². The Morgan fingerprint density at radius 3 is 2.38 bits per heavy atom. The second-order valence-electron chi connectivity index (χ2n) is 4.42. The van der Waals surface area contributed by atoms with Gasteiger partial charge in [-0.3, -0.25) is 20.2 Å². The van der Waals surface area contributed by atoms with Gasteiger partial charge in [0.25, 0.3) is 21.4 Å². The maximum atomic E-state index is 12.0. The summed E-state index contributed by atoms with van der Waals surface area (Å²) in [7, 11) is -4.14. The maximum absolute atomic E-state index is 12.0. The van der Waals surface area contributed by atoms with E-state index < -0.39 is 19.9 Å². The minimum atomic E-state index is -4.14. The molecule has 10 nitrogen and oxygen atoms in total. The van der Waals surface area contributed by atoms with E-state index in [1.165, 1.54) is 30.3 Å². The Morgan fingerprint density at radius 2 is 1.71 bits per heavy atom. The lowest BCUT2D eigenvalue weighted by atomic mass is 10.2. The highest BCUT2D eigenvalue weighted by atomic mass is 32.2. The van der Waals surface area contributed by atoms with Crippen LogP contribution in [0.2, 0.25) is 0 Å². The number of benzene rings is 2. The van der Waals surface area contributed by atoms with Crippen molar-refractivity contribution in [3.8, 4) is 0 Å². The summed E-state index contributed by atoms with van der Waals surface area (Å²) in [5.74, 6) is 0. The molecule has 24 heavy (non-hydrogen) atoms. The Kier molecular flexibility index (Phi) is 4.84. The number of nitrogens with one attached hydrogen (secondary N) is 1. The van der Waals surface area contributed by atoms with Crippen LogP contribution in [-0.4, -0.2) is 24.5 Å². The Bertz CT molecular complexity index is 926. The molecule has 0 aromatic heterocycles. The number of non-ortho nitro benzene ring substituents is 1. The van der Waals surface area contributed by atoms with E-state index in [9.17, 15) is 28.6 Å². The molecule has 11 heteroatoms. The molecule has 2 aromatic carbocycles. The van der Waals surface area contributed by atoms with Crippen LogP contribution >= 0.6 is 0 Å². The smallest absolute Gasteiger partial charge is 0.258 e. The fourth-order valence-electron chi connectivity index (χ4n) is 1.75. The molecule has 0 spiro atoms. The fraction of sp³-hybridized carbons (Fsp3) is 0. The van der Waals surface area contributed by atoms with Crippen LogP contribution in [0, 0.1) is 20.2 Å². The van der Waals surface area contributed by atoms with E-state index in [1.54, 1.807) is 0 Å². The first-order valence-corrected chi connectivity index (χ1v) is 7.82. The first-order chi connectivity index (χ1) is 11.3. The van der Waals surface area contributed by atoms with Gasteiger partial charge in [-0.05, 0) is 12.1 Å². The molecule has 0 aliphatic carbocycles. The average Bonchev–Trinajstić information content (AvgIpc) is 2.55. The van der Waals surface area contributed by atoms with Crippen LogP contribution in [-0.2, 0) is 10.0 Å². The molecule has 0 aliphatic rings. The molecule has 0 saturated carbocycles. The summed E-state index contributed by atoms with van der Waals surface area (Å²) in [6.07, 6.45) is 0.979. The molecular weight excluding hydrogens is 340 g/mol. The van der Waals surface area contributed by atoms with Crippen molar-refractivity contribution in [3.05, 3.63) is 74.3 Å². The first kappa shape index (κ1) is 17.0. The third kappa shape index (κ3) is 3.89. The lowest BCUT2D eigenvalue weighted by molar-refractivity contribution is -0.385. The second kappa shape index (κ2) is 6.83. The van der Waals surface area contributed by atoms with Gasteiger partial charge in [0.2, 0.25) is 0 Å². The number of para-hydroxylation sites is 1. The van der Waals surface area contributed by atoms with Gasteiger partial charge in [0.15, 0.2) is 0 Å². The van der Waals surface area contributed by atoms with Gasteiger partial charge in [-0.15, -0.1) is 0 Å². The summed E-state index contributed by atoms with van der Waals surface area (Å²) >= 11 is 0. The summed E-state index contributed by atoms with van der Waals surface area (Å²) in [5, 5.41) is 25.0. The highest BCUT2D eigenvalue weighted by molar-refractivity contribution is 7.89. The molecule has 0 fully saturated rings. The van der Waals surface area contributed by atoms with Crippen molar-refractivity contribution in [3.63, 3.8) is 0 Å². The van der Waals surface area contributed by atoms with Crippen LogP contribution in [0.15, 0.2) is 58.5 Å².